The molecule has 2 rings (SSSR count). The molecular formula is C13H15F3N2O4. The highest BCUT2D eigenvalue weighted by Crippen LogP contribution is 2.31. The smallest absolute Gasteiger partial charge is 0.433 e. The SMILES string of the molecule is O=C(O)NCc1ccc(C(F)(F)F)nc1OC1CCOCC1. The van der Waals surface area contributed by atoms with Crippen LogP contribution >= 0.6 is 0 Å². The predicted octanol–water partition coefficient (Wildman–Crippen LogP) is 2.43. The fourth-order valence-electron chi connectivity index (χ4n) is 1.99. The lowest BCUT2D eigenvalue weighted by Crippen LogP contribution is -2.28. The average molecular weight is 320 g/mol. The summed E-state index contributed by atoms with van der Waals surface area (Å²) in [5.74, 6) is -0.199. The van der Waals surface area contributed by atoms with E-state index in [4.69, 9.17) is 14.6 Å². The van der Waals surface area contributed by atoms with E-state index in [1.807, 2.05) is 0 Å². The number of hydrogen-bond donors (Lipinski definition) is 2. The van der Waals surface area contributed by atoms with Crippen molar-refractivity contribution >= 4 is 6.09 Å². The third-order valence-corrected chi connectivity index (χ3v) is 3.11. The Labute approximate surface area is 124 Å². The number of carboxylic acid groups (broad SMARTS) is 1. The van der Waals surface area contributed by atoms with Gasteiger partial charge in [0, 0.05) is 18.4 Å². The van der Waals surface area contributed by atoms with E-state index < -0.39 is 18.0 Å². The molecule has 0 saturated carbocycles. The number of hydrogen-bond acceptors (Lipinski definition) is 4. The van der Waals surface area contributed by atoms with Crippen LogP contribution in [0.25, 0.3) is 0 Å². The van der Waals surface area contributed by atoms with Crippen molar-refractivity contribution in [1.29, 1.82) is 0 Å². The summed E-state index contributed by atoms with van der Waals surface area (Å²) in [6, 6.07) is 1.97. The Morgan fingerprint density at radius 1 is 1.41 bits per heavy atom. The van der Waals surface area contributed by atoms with Crippen molar-refractivity contribution in [2.75, 3.05) is 13.2 Å². The molecule has 2 N–H and O–H groups in total. The zero-order chi connectivity index (χ0) is 16.2. The van der Waals surface area contributed by atoms with Crippen molar-refractivity contribution in [2.45, 2.75) is 31.7 Å². The molecule has 22 heavy (non-hydrogen) atoms. The molecule has 1 aromatic rings. The molecule has 0 aliphatic carbocycles. The maximum atomic E-state index is 12.7. The van der Waals surface area contributed by atoms with E-state index in [1.165, 1.54) is 6.07 Å². The molecule has 6 nitrogen and oxygen atoms in total. The van der Waals surface area contributed by atoms with Crippen LogP contribution in [-0.2, 0) is 17.5 Å². The minimum Gasteiger partial charge on any atom is -0.474 e. The highest BCUT2D eigenvalue weighted by molar-refractivity contribution is 5.64. The van der Waals surface area contributed by atoms with Crippen LogP contribution in [0.3, 0.4) is 0 Å². The predicted molar refractivity (Wildman–Crippen MR) is 68.6 cm³/mol. The summed E-state index contributed by atoms with van der Waals surface area (Å²) in [5, 5.41) is 10.7. The molecule has 0 bridgehead atoms. The first-order chi connectivity index (χ1) is 10.4. The second-order valence-corrected chi connectivity index (χ2v) is 4.75. The van der Waals surface area contributed by atoms with Gasteiger partial charge >= 0.3 is 12.3 Å². The highest BCUT2D eigenvalue weighted by atomic mass is 19.4. The third-order valence-electron chi connectivity index (χ3n) is 3.11. The summed E-state index contributed by atoms with van der Waals surface area (Å²) in [4.78, 5) is 14.0. The monoisotopic (exact) mass is 320 g/mol. The summed E-state index contributed by atoms with van der Waals surface area (Å²) < 4.78 is 48.9. The number of pyridine rings is 1. The second kappa shape index (κ2) is 6.82. The van der Waals surface area contributed by atoms with Crippen LogP contribution in [0.4, 0.5) is 18.0 Å². The first-order valence-corrected chi connectivity index (χ1v) is 6.64. The molecule has 9 heteroatoms. The first kappa shape index (κ1) is 16.3. The van der Waals surface area contributed by atoms with Crippen molar-refractivity contribution in [3.63, 3.8) is 0 Å². The average Bonchev–Trinajstić information content (AvgIpc) is 2.46. The van der Waals surface area contributed by atoms with Crippen LogP contribution in [0.1, 0.15) is 24.1 Å². The number of aromatic nitrogens is 1. The van der Waals surface area contributed by atoms with E-state index in [0.29, 0.717) is 26.1 Å². The molecule has 0 spiro atoms. The summed E-state index contributed by atoms with van der Waals surface area (Å²) in [5.41, 5.74) is -0.824. The molecule has 1 aliphatic rings. The molecule has 0 atom stereocenters. The largest absolute Gasteiger partial charge is 0.474 e. The zero-order valence-electron chi connectivity index (χ0n) is 11.5. The summed E-state index contributed by atoms with van der Waals surface area (Å²) >= 11 is 0. The van der Waals surface area contributed by atoms with E-state index in [9.17, 15) is 18.0 Å². The standard InChI is InChI=1S/C13H15F3N2O4/c14-13(15,16)10-2-1-8(7-17-12(19)20)11(18-10)22-9-3-5-21-6-4-9/h1-2,9,17H,3-7H2,(H,19,20). The molecule has 1 aliphatic heterocycles. The molecule has 1 aromatic heterocycles. The Balaban J connectivity index is 2.21. The number of rotatable bonds is 4. The van der Waals surface area contributed by atoms with E-state index >= 15 is 0 Å². The lowest BCUT2D eigenvalue weighted by atomic mass is 10.1. The fraction of sp³-hybridized carbons (Fsp3) is 0.538. The van der Waals surface area contributed by atoms with E-state index in [1.54, 1.807) is 0 Å². The van der Waals surface area contributed by atoms with Gasteiger partial charge in [0.15, 0.2) is 0 Å². The molecule has 1 fully saturated rings. The van der Waals surface area contributed by atoms with Crippen LogP contribution in [0.2, 0.25) is 0 Å². The van der Waals surface area contributed by atoms with Gasteiger partial charge in [-0.15, -0.1) is 0 Å². The van der Waals surface area contributed by atoms with Crippen molar-refractivity contribution in [1.82, 2.24) is 10.3 Å². The Morgan fingerprint density at radius 2 is 2.09 bits per heavy atom. The number of nitrogens with zero attached hydrogens (tertiary/aromatic N) is 1. The van der Waals surface area contributed by atoms with Crippen molar-refractivity contribution in [3.05, 3.63) is 23.4 Å². The molecule has 2 heterocycles. The fourth-order valence-corrected chi connectivity index (χ4v) is 1.99. The maximum Gasteiger partial charge on any atom is 0.433 e. The van der Waals surface area contributed by atoms with Crippen LogP contribution < -0.4 is 10.1 Å². The van der Waals surface area contributed by atoms with Gasteiger partial charge in [-0.2, -0.15) is 13.2 Å². The van der Waals surface area contributed by atoms with Crippen molar-refractivity contribution in [3.8, 4) is 5.88 Å². The Kier molecular flexibility index (Phi) is 5.07. The number of carbonyl (C=O) groups is 1. The van der Waals surface area contributed by atoms with E-state index in [0.717, 1.165) is 6.07 Å². The summed E-state index contributed by atoms with van der Waals surface area (Å²) in [6.45, 7) is 0.748. The number of nitrogens with one attached hydrogen (secondary N) is 1. The lowest BCUT2D eigenvalue weighted by Gasteiger charge is -2.24. The lowest BCUT2D eigenvalue weighted by molar-refractivity contribution is -0.141. The molecule has 1 saturated heterocycles. The number of halogens is 3. The Hall–Kier alpha value is -2.03. The van der Waals surface area contributed by atoms with E-state index in [2.05, 4.69) is 10.3 Å². The molecule has 1 amide bonds. The van der Waals surface area contributed by atoms with Crippen LogP contribution in [0.15, 0.2) is 12.1 Å². The number of ether oxygens (including phenoxy) is 2. The van der Waals surface area contributed by atoms with Gasteiger partial charge in [-0.25, -0.2) is 9.78 Å². The van der Waals surface area contributed by atoms with Gasteiger partial charge in [-0.1, -0.05) is 0 Å². The molecular weight excluding hydrogens is 305 g/mol. The van der Waals surface area contributed by atoms with Crippen molar-refractivity contribution in [2.24, 2.45) is 0 Å². The van der Waals surface area contributed by atoms with Crippen LogP contribution in [-0.4, -0.2) is 35.5 Å². The minimum absolute atomic E-state index is 0.182. The Bertz CT molecular complexity index is 531. The second-order valence-electron chi connectivity index (χ2n) is 4.75. The highest BCUT2D eigenvalue weighted by Gasteiger charge is 2.33. The number of amides is 1. The van der Waals surface area contributed by atoms with Crippen molar-refractivity contribution < 1.29 is 32.5 Å². The normalized spacial score (nSPS) is 16.3. The summed E-state index contributed by atoms with van der Waals surface area (Å²) in [6.07, 6.45) is -5.08. The summed E-state index contributed by atoms with van der Waals surface area (Å²) in [7, 11) is 0. The molecule has 122 valence electrons. The topological polar surface area (TPSA) is 80.7 Å². The van der Waals surface area contributed by atoms with Crippen LogP contribution in [0.5, 0.6) is 5.88 Å². The van der Waals surface area contributed by atoms with Gasteiger partial charge in [0.1, 0.15) is 11.8 Å². The van der Waals surface area contributed by atoms with Gasteiger partial charge in [0.2, 0.25) is 5.88 Å². The maximum absolute atomic E-state index is 12.7. The molecule has 0 unspecified atom stereocenters. The zero-order valence-corrected chi connectivity index (χ0v) is 11.5. The van der Waals surface area contributed by atoms with E-state index in [-0.39, 0.29) is 24.1 Å². The van der Waals surface area contributed by atoms with Crippen LogP contribution in [0, 0.1) is 0 Å². The van der Waals surface area contributed by atoms with Gasteiger partial charge in [-0.3, -0.25) is 0 Å². The van der Waals surface area contributed by atoms with Gasteiger partial charge in [-0.05, 0) is 12.1 Å². The van der Waals surface area contributed by atoms with Gasteiger partial charge < -0.3 is 19.9 Å². The van der Waals surface area contributed by atoms with Gasteiger partial charge in [0.05, 0.1) is 19.8 Å². The minimum atomic E-state index is -4.59. The molecule has 0 aromatic carbocycles. The third kappa shape index (κ3) is 4.48. The first-order valence-electron chi connectivity index (χ1n) is 6.64. The quantitative estimate of drug-likeness (QED) is 0.890. The Morgan fingerprint density at radius 3 is 2.68 bits per heavy atom. The molecule has 0 radical (unpaired) electrons. The van der Waals surface area contributed by atoms with Gasteiger partial charge in [0.25, 0.3) is 0 Å². The number of alkyl halides is 3.